The summed E-state index contributed by atoms with van der Waals surface area (Å²) in [6, 6.07) is -2.17. The number of amidine groups is 2. The third kappa shape index (κ3) is 7.42. The van der Waals surface area contributed by atoms with Crippen molar-refractivity contribution in [3.8, 4) is 0 Å². The molecule has 1 N–H and O–H groups in total. The van der Waals surface area contributed by atoms with Crippen LogP contribution in [0, 0.1) is 0 Å². The van der Waals surface area contributed by atoms with E-state index in [1.807, 2.05) is 0 Å². The SMILES string of the molecule is C=C(/C=C\C(=C/C)S(=O)(=O)CC)CNC1=NC(=C/C)/C(=N\C(=C)Cl)N([C@H](CC)C(F)(F)F)C1=O. The van der Waals surface area contributed by atoms with Gasteiger partial charge in [-0.25, -0.2) is 18.4 Å². The fourth-order valence-electron chi connectivity index (χ4n) is 2.94. The van der Waals surface area contributed by atoms with Gasteiger partial charge in [0.1, 0.15) is 16.9 Å². The number of nitrogens with one attached hydrogen (secondary N) is 1. The molecule has 1 rings (SSSR count). The molecule has 188 valence electrons. The fraction of sp³-hybridized carbons (Fsp3) is 0.409. The molecule has 0 spiro atoms. The first-order valence-corrected chi connectivity index (χ1v) is 12.3. The first kappa shape index (κ1) is 29.4. The van der Waals surface area contributed by atoms with Crippen LogP contribution in [-0.2, 0) is 14.6 Å². The highest BCUT2D eigenvalue weighted by Crippen LogP contribution is 2.31. The van der Waals surface area contributed by atoms with Crippen molar-refractivity contribution in [3.05, 3.63) is 58.8 Å². The standard InChI is InChI=1S/C22H28ClF3N4O3S/c1-7-16(34(32,33)10-4)12-11-14(5)13-27-19-21(31)30(18(9-3)22(24,25)26)20(28-15(6)23)17(8-2)29-19/h7-8,11-12,18H,5-6,9-10,13H2,1-4H3,(H,27,29)/b12-11-,16-7+,17-8+,28-20+/t18-/m1/s1. The highest BCUT2D eigenvalue weighted by Gasteiger charge is 2.49. The van der Waals surface area contributed by atoms with Gasteiger partial charge >= 0.3 is 6.18 Å². The van der Waals surface area contributed by atoms with Crippen molar-refractivity contribution in [1.29, 1.82) is 0 Å². The minimum absolute atomic E-state index is 0.00186. The van der Waals surface area contributed by atoms with Gasteiger partial charge in [-0.3, -0.25) is 9.69 Å². The number of amides is 1. The topological polar surface area (TPSA) is 91.2 Å². The molecule has 7 nitrogen and oxygen atoms in total. The number of allylic oxidation sites excluding steroid dienone is 3. The van der Waals surface area contributed by atoms with Gasteiger partial charge in [-0.2, -0.15) is 13.2 Å². The molecule has 0 aromatic heterocycles. The Bertz CT molecular complexity index is 1090. The highest BCUT2D eigenvalue weighted by atomic mass is 35.5. The average Bonchev–Trinajstić information content (AvgIpc) is 2.74. The van der Waals surface area contributed by atoms with Gasteiger partial charge in [0.25, 0.3) is 5.91 Å². The molecule has 0 unspecified atom stereocenters. The maximum atomic E-state index is 13.7. The summed E-state index contributed by atoms with van der Waals surface area (Å²) in [5.41, 5.74) is 0.365. The molecule has 0 bridgehead atoms. The zero-order valence-electron chi connectivity index (χ0n) is 19.4. The van der Waals surface area contributed by atoms with E-state index in [-0.39, 0.29) is 39.7 Å². The van der Waals surface area contributed by atoms with Crippen molar-refractivity contribution in [2.24, 2.45) is 9.98 Å². The molecule has 0 fully saturated rings. The van der Waals surface area contributed by atoms with E-state index >= 15 is 0 Å². The Kier molecular flexibility index (Phi) is 10.5. The molecule has 0 aliphatic carbocycles. The second-order valence-corrected chi connectivity index (χ2v) is 9.74. The maximum Gasteiger partial charge on any atom is 0.409 e. The van der Waals surface area contributed by atoms with Crippen molar-refractivity contribution >= 4 is 39.0 Å². The van der Waals surface area contributed by atoms with Gasteiger partial charge in [0.15, 0.2) is 21.5 Å². The van der Waals surface area contributed by atoms with Gasteiger partial charge in [-0.15, -0.1) is 0 Å². The monoisotopic (exact) mass is 520 g/mol. The summed E-state index contributed by atoms with van der Waals surface area (Å²) in [4.78, 5) is 21.6. The van der Waals surface area contributed by atoms with Crippen LogP contribution < -0.4 is 5.32 Å². The Labute approximate surface area is 203 Å². The molecule has 0 radical (unpaired) electrons. The Morgan fingerprint density at radius 2 is 1.88 bits per heavy atom. The Morgan fingerprint density at radius 1 is 1.26 bits per heavy atom. The number of hydrogen-bond acceptors (Lipinski definition) is 6. The van der Waals surface area contributed by atoms with Gasteiger partial charge in [0.05, 0.1) is 10.7 Å². The number of halogens is 4. The van der Waals surface area contributed by atoms with Crippen LogP contribution >= 0.6 is 11.6 Å². The van der Waals surface area contributed by atoms with Crippen molar-refractivity contribution in [2.45, 2.75) is 46.3 Å². The summed E-state index contributed by atoms with van der Waals surface area (Å²) in [5.74, 6) is -1.84. The average molecular weight is 521 g/mol. The van der Waals surface area contributed by atoms with Gasteiger partial charge in [-0.1, -0.05) is 56.8 Å². The highest BCUT2D eigenvalue weighted by molar-refractivity contribution is 7.95. The third-order valence-corrected chi connectivity index (χ3v) is 6.61. The summed E-state index contributed by atoms with van der Waals surface area (Å²) in [6.45, 7) is 13.0. The lowest BCUT2D eigenvalue weighted by Crippen LogP contribution is -2.58. The van der Waals surface area contributed by atoms with Crippen molar-refractivity contribution in [2.75, 3.05) is 12.3 Å². The van der Waals surface area contributed by atoms with Gasteiger partial charge in [0.2, 0.25) is 0 Å². The molecule has 0 aromatic carbocycles. The molecule has 34 heavy (non-hydrogen) atoms. The largest absolute Gasteiger partial charge is 0.409 e. The predicted octanol–water partition coefficient (Wildman–Crippen LogP) is 4.62. The Balaban J connectivity index is 3.29. The Hall–Kier alpha value is -2.66. The fourth-order valence-corrected chi connectivity index (χ4v) is 3.99. The summed E-state index contributed by atoms with van der Waals surface area (Å²) >= 11 is 5.70. The third-order valence-electron chi connectivity index (χ3n) is 4.68. The van der Waals surface area contributed by atoms with Crippen molar-refractivity contribution < 1.29 is 26.4 Å². The first-order valence-electron chi connectivity index (χ1n) is 10.3. The molecule has 12 heteroatoms. The number of hydrogen-bond donors (Lipinski definition) is 1. The number of alkyl halides is 3. The smallest absolute Gasteiger partial charge is 0.361 e. The van der Waals surface area contributed by atoms with Crippen LogP contribution in [0.15, 0.2) is 68.8 Å². The summed E-state index contributed by atoms with van der Waals surface area (Å²) in [6.07, 6.45) is 0.471. The lowest BCUT2D eigenvalue weighted by molar-refractivity contribution is -0.178. The van der Waals surface area contributed by atoms with Gasteiger partial charge in [-0.05, 0) is 31.9 Å². The molecule has 1 aliphatic heterocycles. The van der Waals surface area contributed by atoms with E-state index in [2.05, 4.69) is 28.5 Å². The lowest BCUT2D eigenvalue weighted by atomic mass is 10.1. The van der Waals surface area contributed by atoms with E-state index in [9.17, 15) is 26.4 Å². The number of aliphatic imine (C=N–C) groups is 2. The molecule has 0 aromatic rings. The second kappa shape index (κ2) is 12.2. The van der Waals surface area contributed by atoms with E-state index in [4.69, 9.17) is 11.6 Å². The van der Waals surface area contributed by atoms with Crippen LogP contribution in [0.2, 0.25) is 0 Å². The van der Waals surface area contributed by atoms with E-state index in [1.54, 1.807) is 6.92 Å². The number of sulfone groups is 1. The number of carbonyl (C=O) groups excluding carboxylic acids is 1. The van der Waals surface area contributed by atoms with Crippen LogP contribution in [0.5, 0.6) is 0 Å². The molecular weight excluding hydrogens is 493 g/mol. The summed E-state index contributed by atoms with van der Waals surface area (Å²) < 4.78 is 65.2. The maximum absolute atomic E-state index is 13.7. The minimum atomic E-state index is -4.74. The molecule has 1 aliphatic rings. The number of nitrogens with zero attached hydrogens (tertiary/aromatic N) is 3. The van der Waals surface area contributed by atoms with E-state index < -0.39 is 34.4 Å². The van der Waals surface area contributed by atoms with Crippen molar-refractivity contribution in [1.82, 2.24) is 10.2 Å². The molecule has 1 heterocycles. The molecule has 1 amide bonds. The number of rotatable bonds is 9. The molecular formula is C22H28ClF3N4O3S. The second-order valence-electron chi connectivity index (χ2n) is 7.03. The predicted molar refractivity (Wildman–Crippen MR) is 130 cm³/mol. The lowest BCUT2D eigenvalue weighted by Gasteiger charge is -2.36. The van der Waals surface area contributed by atoms with Gasteiger partial charge in [0, 0.05) is 6.54 Å². The molecule has 0 saturated heterocycles. The summed E-state index contributed by atoms with van der Waals surface area (Å²) in [5, 5.41) is 2.38. The zero-order chi connectivity index (χ0) is 26.3. The van der Waals surface area contributed by atoms with Crippen LogP contribution in [0.3, 0.4) is 0 Å². The molecule has 1 atom stereocenters. The van der Waals surface area contributed by atoms with E-state index in [0.29, 0.717) is 10.5 Å². The van der Waals surface area contributed by atoms with E-state index in [0.717, 1.165) is 0 Å². The minimum Gasteiger partial charge on any atom is -0.361 e. The van der Waals surface area contributed by atoms with Crippen LogP contribution in [0.25, 0.3) is 0 Å². The van der Waals surface area contributed by atoms with Crippen molar-refractivity contribution in [3.63, 3.8) is 0 Å². The number of carbonyl (C=O) groups is 1. The van der Waals surface area contributed by atoms with Crippen LogP contribution in [0.4, 0.5) is 13.2 Å². The molecule has 0 saturated carbocycles. The first-order chi connectivity index (χ1) is 15.7. The van der Waals surface area contributed by atoms with E-state index in [1.165, 1.54) is 45.1 Å². The Morgan fingerprint density at radius 3 is 2.32 bits per heavy atom. The van der Waals surface area contributed by atoms with Crippen LogP contribution in [0.1, 0.15) is 34.1 Å². The zero-order valence-corrected chi connectivity index (χ0v) is 21.0. The van der Waals surface area contributed by atoms with Crippen LogP contribution in [-0.4, -0.2) is 55.4 Å². The summed E-state index contributed by atoms with van der Waals surface area (Å²) in [7, 11) is -3.43. The normalized spacial score (nSPS) is 19.1. The quantitative estimate of drug-likeness (QED) is 0.355. The van der Waals surface area contributed by atoms with Gasteiger partial charge < -0.3 is 5.32 Å².